The van der Waals surface area contributed by atoms with Gasteiger partial charge in [-0.2, -0.15) is 15.5 Å². The summed E-state index contributed by atoms with van der Waals surface area (Å²) < 4.78 is 5.78. The molecule has 6 nitrogen and oxygen atoms in total. The van der Waals surface area contributed by atoms with Gasteiger partial charge in [0, 0.05) is 39.2 Å². The molecule has 0 unspecified atom stereocenters. The summed E-state index contributed by atoms with van der Waals surface area (Å²) in [7, 11) is 0. The molecule has 0 aliphatic heterocycles. The highest BCUT2D eigenvalue weighted by Crippen LogP contribution is 2.41. The number of nitrogens with zero attached hydrogens (tertiary/aromatic N) is 4. The summed E-state index contributed by atoms with van der Waals surface area (Å²) in [6.07, 6.45) is 3.38. The molecule has 5 rings (SSSR count). The van der Waals surface area contributed by atoms with E-state index in [0.717, 1.165) is 4.88 Å². The third kappa shape index (κ3) is 2.71. The molecule has 29 heavy (non-hydrogen) atoms. The number of ketones is 1. The molecule has 0 bridgehead atoms. The number of benzene rings is 1. The summed E-state index contributed by atoms with van der Waals surface area (Å²) in [5, 5.41) is 21.3. The van der Waals surface area contributed by atoms with Crippen molar-refractivity contribution in [1.29, 1.82) is 10.5 Å². The number of nitriles is 2. The van der Waals surface area contributed by atoms with Gasteiger partial charge in [0.2, 0.25) is 0 Å². The average Bonchev–Trinajstić information content (AvgIpc) is 3.49. The third-order valence-electron chi connectivity index (χ3n) is 4.44. The van der Waals surface area contributed by atoms with Crippen molar-refractivity contribution in [2.24, 2.45) is 0 Å². The van der Waals surface area contributed by atoms with Crippen molar-refractivity contribution in [3.8, 4) is 23.0 Å². The highest BCUT2D eigenvalue weighted by molar-refractivity contribution is 7.19. The van der Waals surface area contributed by atoms with E-state index in [2.05, 4.69) is 9.97 Å². The first-order chi connectivity index (χ1) is 14.2. The molecule has 0 N–H and O–H groups in total. The van der Waals surface area contributed by atoms with Gasteiger partial charge < -0.3 is 4.42 Å². The fourth-order valence-electron chi connectivity index (χ4n) is 3.23. The summed E-state index contributed by atoms with van der Waals surface area (Å²) in [5.41, 5.74) is 2.30. The quantitative estimate of drug-likeness (QED) is 0.335. The molecule has 3 heterocycles. The number of oxazole rings is 1. The van der Waals surface area contributed by atoms with Crippen LogP contribution >= 0.6 is 22.7 Å². The van der Waals surface area contributed by atoms with Crippen molar-refractivity contribution < 1.29 is 9.21 Å². The normalized spacial score (nSPS) is 14.2. The third-order valence-corrected chi connectivity index (χ3v) is 6.16. The predicted octanol–water partition coefficient (Wildman–Crippen LogP) is 5.09. The Morgan fingerprint density at radius 1 is 1.17 bits per heavy atom. The monoisotopic (exact) mass is 412 g/mol. The molecule has 1 aliphatic carbocycles. The van der Waals surface area contributed by atoms with Crippen molar-refractivity contribution in [2.75, 3.05) is 0 Å². The summed E-state index contributed by atoms with van der Waals surface area (Å²) in [6, 6.07) is 12.6. The number of fused-ring (bicyclic) bond motifs is 2. The second-order valence-corrected chi connectivity index (χ2v) is 8.04. The van der Waals surface area contributed by atoms with Crippen molar-refractivity contribution in [1.82, 2.24) is 9.97 Å². The largest absolute Gasteiger partial charge is 0.433 e. The first kappa shape index (κ1) is 17.3. The van der Waals surface area contributed by atoms with Crippen LogP contribution in [0.5, 0.6) is 0 Å². The maximum atomic E-state index is 12.9. The molecule has 0 saturated heterocycles. The van der Waals surface area contributed by atoms with Gasteiger partial charge in [-0.05, 0) is 11.6 Å². The first-order valence-electron chi connectivity index (χ1n) is 8.40. The molecule has 0 spiro atoms. The number of thiophene rings is 1. The Hall–Kier alpha value is -3.85. The second-order valence-electron chi connectivity index (χ2n) is 6.08. The van der Waals surface area contributed by atoms with Crippen LogP contribution in [0.25, 0.3) is 33.0 Å². The molecule has 136 valence electrons. The molecular formula is C21H8N4O2S2. The lowest BCUT2D eigenvalue weighted by atomic mass is 9.99. The Balaban J connectivity index is 1.63. The fourth-order valence-corrected chi connectivity index (χ4v) is 4.69. The SMILES string of the molecule is N#CC(C#N)=C1/C(=C/c2cc3oc(-c4nccs4)nc3s2)C(=O)c2ccccc21. The van der Waals surface area contributed by atoms with Gasteiger partial charge in [-0.1, -0.05) is 24.3 Å². The van der Waals surface area contributed by atoms with Gasteiger partial charge in [0.1, 0.15) is 17.7 Å². The minimum atomic E-state index is -0.208. The van der Waals surface area contributed by atoms with E-state index < -0.39 is 0 Å². The maximum absolute atomic E-state index is 12.9. The summed E-state index contributed by atoms with van der Waals surface area (Å²) in [5.74, 6) is 0.252. The van der Waals surface area contributed by atoms with Gasteiger partial charge in [-0.15, -0.1) is 22.7 Å². The van der Waals surface area contributed by atoms with Gasteiger partial charge >= 0.3 is 0 Å². The number of hydrogen-bond donors (Lipinski definition) is 0. The Labute approximate surface area is 172 Å². The Morgan fingerprint density at radius 3 is 2.66 bits per heavy atom. The van der Waals surface area contributed by atoms with E-state index in [1.165, 1.54) is 22.7 Å². The molecule has 3 aromatic heterocycles. The molecule has 0 radical (unpaired) electrons. The number of aromatic nitrogens is 2. The molecular weight excluding hydrogens is 404 g/mol. The van der Waals surface area contributed by atoms with Gasteiger partial charge in [-0.25, -0.2) is 4.98 Å². The number of thiazole rings is 1. The standard InChI is InChI=1S/C21H8N4O2S2/c22-9-11(10-23)17-13-3-1-2-4-14(13)18(26)15(17)7-12-8-16-20(29-12)25-19(27-16)21-24-5-6-28-21/h1-8H/b15-7-. The minimum Gasteiger partial charge on any atom is -0.433 e. The lowest BCUT2D eigenvalue weighted by Gasteiger charge is -2.00. The average molecular weight is 412 g/mol. The van der Waals surface area contributed by atoms with Crippen molar-refractivity contribution in [3.63, 3.8) is 0 Å². The van der Waals surface area contributed by atoms with Crippen LogP contribution in [-0.2, 0) is 0 Å². The number of hydrogen-bond acceptors (Lipinski definition) is 8. The van der Waals surface area contributed by atoms with Crippen LogP contribution in [-0.4, -0.2) is 15.8 Å². The molecule has 0 atom stereocenters. The highest BCUT2D eigenvalue weighted by atomic mass is 32.1. The fraction of sp³-hybridized carbons (Fsp3) is 0. The van der Waals surface area contributed by atoms with E-state index in [9.17, 15) is 15.3 Å². The van der Waals surface area contributed by atoms with E-state index in [1.54, 1.807) is 42.6 Å². The Bertz CT molecular complexity index is 1390. The van der Waals surface area contributed by atoms with Crippen LogP contribution in [0.1, 0.15) is 20.8 Å². The van der Waals surface area contributed by atoms with Crippen LogP contribution in [0, 0.1) is 22.7 Å². The van der Waals surface area contributed by atoms with E-state index in [4.69, 9.17) is 4.42 Å². The Morgan fingerprint density at radius 2 is 1.97 bits per heavy atom. The summed E-state index contributed by atoms with van der Waals surface area (Å²) in [4.78, 5) is 23.0. The second kappa shape index (κ2) is 6.64. The van der Waals surface area contributed by atoms with Crippen LogP contribution in [0.3, 0.4) is 0 Å². The van der Waals surface area contributed by atoms with Gasteiger partial charge in [0.05, 0.1) is 0 Å². The first-order valence-corrected chi connectivity index (χ1v) is 10.1. The van der Waals surface area contributed by atoms with Crippen molar-refractivity contribution in [3.05, 3.63) is 69.1 Å². The van der Waals surface area contributed by atoms with E-state index in [0.29, 0.717) is 43.6 Å². The van der Waals surface area contributed by atoms with Gasteiger partial charge in [-0.3, -0.25) is 4.79 Å². The number of rotatable bonds is 2. The van der Waals surface area contributed by atoms with Crippen LogP contribution in [0.2, 0.25) is 0 Å². The predicted molar refractivity (Wildman–Crippen MR) is 110 cm³/mol. The van der Waals surface area contributed by atoms with Crippen LogP contribution in [0.4, 0.5) is 0 Å². The van der Waals surface area contributed by atoms with Crippen LogP contribution < -0.4 is 0 Å². The highest BCUT2D eigenvalue weighted by Gasteiger charge is 2.32. The molecule has 0 amide bonds. The zero-order chi connectivity index (χ0) is 20.0. The van der Waals surface area contributed by atoms with Gasteiger partial charge in [0.25, 0.3) is 5.89 Å². The van der Waals surface area contributed by atoms with Crippen molar-refractivity contribution >= 4 is 50.5 Å². The van der Waals surface area contributed by atoms with E-state index >= 15 is 0 Å². The minimum absolute atomic E-state index is 0.0843. The number of carbonyl (C=O) groups excluding carboxylic acids is 1. The zero-order valence-electron chi connectivity index (χ0n) is 14.5. The van der Waals surface area contributed by atoms with E-state index in [1.807, 2.05) is 17.5 Å². The number of allylic oxidation sites excluding steroid dienone is 3. The topological polar surface area (TPSA) is 104 Å². The number of carbonyl (C=O) groups is 1. The Kier molecular flexibility index (Phi) is 3.95. The van der Waals surface area contributed by atoms with Crippen LogP contribution in [0.15, 0.2) is 57.5 Å². The van der Waals surface area contributed by atoms with Gasteiger partial charge in [0.15, 0.2) is 21.2 Å². The lowest BCUT2D eigenvalue weighted by molar-refractivity contribution is 0.104. The molecule has 1 aliphatic rings. The lowest BCUT2D eigenvalue weighted by Crippen LogP contribution is -1.95. The summed E-state index contributed by atoms with van der Waals surface area (Å²) >= 11 is 2.81. The molecule has 0 fully saturated rings. The van der Waals surface area contributed by atoms with E-state index in [-0.39, 0.29) is 11.4 Å². The molecule has 8 heteroatoms. The number of Topliss-reactive ketones (excluding diaryl/α,β-unsaturated/α-hetero) is 1. The smallest absolute Gasteiger partial charge is 0.257 e. The molecule has 1 aromatic carbocycles. The molecule has 4 aromatic rings. The van der Waals surface area contributed by atoms with Crippen molar-refractivity contribution in [2.45, 2.75) is 0 Å². The summed E-state index contributed by atoms with van der Waals surface area (Å²) in [6.45, 7) is 0. The zero-order valence-corrected chi connectivity index (χ0v) is 16.2. The molecule has 0 saturated carbocycles. The maximum Gasteiger partial charge on any atom is 0.257 e.